The molecule has 4 heteroatoms. The summed E-state index contributed by atoms with van der Waals surface area (Å²) in [5, 5.41) is 7.83. The number of para-hydroxylation sites is 3. The van der Waals surface area contributed by atoms with Crippen LogP contribution < -0.4 is 0 Å². The van der Waals surface area contributed by atoms with E-state index in [0.717, 1.165) is 93.6 Å². The highest BCUT2D eigenvalue weighted by atomic mass is 15.0. The molecule has 4 aromatic heterocycles. The number of hydrogen-bond donors (Lipinski definition) is 1. The van der Waals surface area contributed by atoms with Gasteiger partial charge in [-0.15, -0.1) is 0 Å². The van der Waals surface area contributed by atoms with Gasteiger partial charge in [-0.05, 0) is 64.0 Å². The van der Waals surface area contributed by atoms with E-state index in [1.54, 1.807) is 0 Å². The van der Waals surface area contributed by atoms with Crippen molar-refractivity contribution in [1.82, 2.24) is 19.5 Å². The van der Waals surface area contributed by atoms with Crippen molar-refractivity contribution in [1.29, 1.82) is 0 Å². The third-order valence-electron chi connectivity index (χ3n) is 10.5. The molecule has 4 heterocycles. The summed E-state index contributed by atoms with van der Waals surface area (Å²) in [5.74, 6) is 0. The minimum absolute atomic E-state index is 0.826. The first-order valence-electron chi connectivity index (χ1n) is 17.7. The minimum Gasteiger partial charge on any atom is -0.353 e. The highest BCUT2D eigenvalue weighted by molar-refractivity contribution is 6.22. The van der Waals surface area contributed by atoms with Gasteiger partial charge in [0.2, 0.25) is 0 Å². The van der Waals surface area contributed by atoms with Gasteiger partial charge in [-0.3, -0.25) is 4.57 Å². The molecule has 0 radical (unpaired) electrons. The van der Waals surface area contributed by atoms with Gasteiger partial charge in [0, 0.05) is 43.5 Å². The van der Waals surface area contributed by atoms with Crippen LogP contribution >= 0.6 is 0 Å². The van der Waals surface area contributed by atoms with E-state index in [2.05, 4.69) is 185 Å². The Morgan fingerprint density at radius 3 is 1.65 bits per heavy atom. The minimum atomic E-state index is 0.826. The Morgan fingerprint density at radius 2 is 0.962 bits per heavy atom. The first-order chi connectivity index (χ1) is 25.8. The van der Waals surface area contributed by atoms with E-state index in [4.69, 9.17) is 9.97 Å². The van der Waals surface area contributed by atoms with Gasteiger partial charge < -0.3 is 4.98 Å². The van der Waals surface area contributed by atoms with Crippen LogP contribution in [0.3, 0.4) is 0 Å². The Bertz CT molecular complexity index is 3210. The molecule has 11 aromatic rings. The van der Waals surface area contributed by atoms with E-state index in [1.165, 1.54) is 10.8 Å². The Kier molecular flexibility index (Phi) is 6.22. The average molecular weight is 663 g/mol. The Labute approximate surface area is 298 Å². The smallest absolute Gasteiger partial charge is 0.138 e. The molecule has 0 unspecified atom stereocenters. The van der Waals surface area contributed by atoms with Gasteiger partial charge >= 0.3 is 0 Å². The fourth-order valence-corrected chi connectivity index (χ4v) is 8.13. The van der Waals surface area contributed by atoms with Crippen molar-refractivity contribution in [2.75, 3.05) is 0 Å². The second-order valence-corrected chi connectivity index (χ2v) is 13.5. The Balaban J connectivity index is 1.47. The number of fused-ring (bicyclic) bond motifs is 7. The van der Waals surface area contributed by atoms with Crippen molar-refractivity contribution in [3.63, 3.8) is 0 Å². The molecule has 7 aromatic carbocycles. The number of H-pyrrole nitrogens is 1. The van der Waals surface area contributed by atoms with Crippen molar-refractivity contribution >= 4 is 76.5 Å². The lowest BCUT2D eigenvalue weighted by Gasteiger charge is -2.16. The normalized spacial score (nSPS) is 11.8. The lowest BCUT2D eigenvalue weighted by Crippen LogP contribution is -2.00. The molecule has 0 amide bonds. The van der Waals surface area contributed by atoms with Crippen LogP contribution in [0.15, 0.2) is 176 Å². The number of aromatic amines is 1. The quantitative estimate of drug-likeness (QED) is 0.191. The molecule has 1 N–H and O–H groups in total. The van der Waals surface area contributed by atoms with Gasteiger partial charge in [0.25, 0.3) is 0 Å². The summed E-state index contributed by atoms with van der Waals surface area (Å²) in [6, 6.07) is 62.8. The molecule has 0 atom stereocenters. The molecular weight excluding hydrogens is 633 g/mol. The largest absolute Gasteiger partial charge is 0.353 e. The molecule has 52 heavy (non-hydrogen) atoms. The van der Waals surface area contributed by atoms with Gasteiger partial charge in [-0.1, -0.05) is 140 Å². The van der Waals surface area contributed by atoms with E-state index in [1.807, 2.05) is 0 Å². The summed E-state index contributed by atoms with van der Waals surface area (Å²) < 4.78 is 2.28. The van der Waals surface area contributed by atoms with Gasteiger partial charge in [0.15, 0.2) is 0 Å². The van der Waals surface area contributed by atoms with Crippen LogP contribution in [0.1, 0.15) is 0 Å². The summed E-state index contributed by atoms with van der Waals surface area (Å²) in [7, 11) is 0. The van der Waals surface area contributed by atoms with E-state index >= 15 is 0 Å². The van der Waals surface area contributed by atoms with Crippen molar-refractivity contribution < 1.29 is 0 Å². The lowest BCUT2D eigenvalue weighted by molar-refractivity contribution is 1.12. The van der Waals surface area contributed by atoms with Crippen molar-refractivity contribution in [3.05, 3.63) is 176 Å². The first kappa shape index (κ1) is 28.8. The van der Waals surface area contributed by atoms with E-state index in [9.17, 15) is 0 Å². The molecule has 242 valence electrons. The molecule has 0 saturated heterocycles. The van der Waals surface area contributed by atoms with E-state index in [-0.39, 0.29) is 0 Å². The highest BCUT2D eigenvalue weighted by Crippen LogP contribution is 2.39. The maximum Gasteiger partial charge on any atom is 0.138 e. The van der Waals surface area contributed by atoms with Crippen molar-refractivity contribution in [3.8, 4) is 27.9 Å². The third-order valence-corrected chi connectivity index (χ3v) is 10.5. The van der Waals surface area contributed by atoms with Crippen molar-refractivity contribution in [2.45, 2.75) is 0 Å². The van der Waals surface area contributed by atoms with Gasteiger partial charge in [0.05, 0.1) is 27.6 Å². The zero-order valence-electron chi connectivity index (χ0n) is 28.1. The number of nitrogens with zero attached hydrogens (tertiary/aromatic N) is 3. The predicted molar refractivity (Wildman–Crippen MR) is 218 cm³/mol. The fraction of sp³-hybridized carbons (Fsp3) is 0. The maximum absolute atomic E-state index is 5.61. The zero-order chi connectivity index (χ0) is 34.2. The summed E-state index contributed by atoms with van der Waals surface area (Å²) >= 11 is 0. The number of pyridine rings is 2. The van der Waals surface area contributed by atoms with Crippen LogP contribution in [0.2, 0.25) is 0 Å². The van der Waals surface area contributed by atoms with Gasteiger partial charge in [0.1, 0.15) is 5.65 Å². The number of hydrogen-bond acceptors (Lipinski definition) is 2. The second kappa shape index (κ2) is 11.2. The Hall–Kier alpha value is -7.04. The SMILES string of the molecule is c1ccc(-c2cc3nc4c2ccc2c(-c5ccccc5)cc(nc24)n(-c2ccccc2)c2cccc(c2)c2cccc4c5cccc3c5[nH]c24)cc1. The van der Waals surface area contributed by atoms with Crippen LogP contribution in [-0.4, -0.2) is 19.5 Å². The number of nitrogens with one attached hydrogen (secondary N) is 1. The molecule has 0 saturated carbocycles. The molecule has 0 spiro atoms. The molecule has 0 aliphatic carbocycles. The maximum atomic E-state index is 5.61. The molecular formula is C48H30N4. The topological polar surface area (TPSA) is 46.5 Å². The number of aromatic nitrogens is 4. The first-order valence-corrected chi connectivity index (χ1v) is 17.7. The monoisotopic (exact) mass is 662 g/mol. The molecule has 0 aliphatic heterocycles. The summed E-state index contributed by atoms with van der Waals surface area (Å²) in [6.45, 7) is 0. The molecule has 0 fully saturated rings. The molecule has 4 nitrogen and oxygen atoms in total. The molecule has 11 rings (SSSR count). The second-order valence-electron chi connectivity index (χ2n) is 13.5. The van der Waals surface area contributed by atoms with E-state index in [0.29, 0.717) is 0 Å². The standard InChI is InChI=1S/C48H30N4/c1-4-13-30(14-5-1)41-28-43-40-24-12-23-37-36-22-11-21-35(45(36)51-46(37)40)32-17-10-20-34(27-32)52(33-18-8-3-9-19-33)44-29-42(31-15-6-2-7-16-31)39-26-25-38(41)47(49-43)48(39)50-44/h1-29,51H. The number of rotatable bonds is 3. The summed E-state index contributed by atoms with van der Waals surface area (Å²) in [6.07, 6.45) is 0. The molecule has 0 aliphatic rings. The molecule has 8 bridgehead atoms. The lowest BCUT2D eigenvalue weighted by atomic mass is 9.95. The van der Waals surface area contributed by atoms with Gasteiger partial charge in [-0.25, -0.2) is 9.97 Å². The Morgan fingerprint density at radius 1 is 0.404 bits per heavy atom. The summed E-state index contributed by atoms with van der Waals surface area (Å²) in [4.78, 5) is 15.1. The number of benzene rings is 7. The van der Waals surface area contributed by atoms with Crippen LogP contribution in [-0.2, 0) is 0 Å². The predicted octanol–water partition coefficient (Wildman–Crippen LogP) is 12.6. The van der Waals surface area contributed by atoms with E-state index < -0.39 is 0 Å². The van der Waals surface area contributed by atoms with Crippen LogP contribution in [0.4, 0.5) is 0 Å². The van der Waals surface area contributed by atoms with Crippen LogP contribution in [0.5, 0.6) is 0 Å². The average Bonchev–Trinajstić information content (AvgIpc) is 3.60. The zero-order valence-corrected chi connectivity index (χ0v) is 28.1. The van der Waals surface area contributed by atoms with Crippen LogP contribution in [0, 0.1) is 0 Å². The van der Waals surface area contributed by atoms with Crippen LogP contribution in [0.25, 0.3) is 104 Å². The van der Waals surface area contributed by atoms with Crippen molar-refractivity contribution in [2.24, 2.45) is 0 Å². The summed E-state index contributed by atoms with van der Waals surface area (Å²) in [5.41, 5.74) is 12.2. The fourth-order valence-electron chi connectivity index (χ4n) is 8.13. The van der Waals surface area contributed by atoms with Gasteiger partial charge in [-0.2, -0.15) is 0 Å². The highest BCUT2D eigenvalue weighted by Gasteiger charge is 2.17. The third kappa shape index (κ3) is 4.34.